The third kappa shape index (κ3) is 2.44. The van der Waals surface area contributed by atoms with E-state index in [9.17, 15) is 4.79 Å². The number of allylic oxidation sites excluding steroid dienone is 2. The van der Waals surface area contributed by atoms with E-state index in [2.05, 4.69) is 16.4 Å². The largest absolute Gasteiger partial charge is 0.349 e. The fourth-order valence-electron chi connectivity index (χ4n) is 2.76. The fraction of sp³-hybridized carbons (Fsp3) is 0.294. The molecule has 0 saturated heterocycles. The number of fused-ring (bicyclic) bond motifs is 1. The molecule has 0 fully saturated rings. The van der Waals surface area contributed by atoms with Gasteiger partial charge in [-0.3, -0.25) is 9.79 Å². The van der Waals surface area contributed by atoms with Gasteiger partial charge in [0.1, 0.15) is 0 Å². The molecular weight excluding hydrogens is 248 g/mol. The first-order valence-electron chi connectivity index (χ1n) is 6.95. The second kappa shape index (κ2) is 5.08. The van der Waals surface area contributed by atoms with Gasteiger partial charge in [-0.25, -0.2) is 0 Å². The number of rotatable bonds is 2. The number of hydrogen-bond donors (Lipinski definition) is 1. The Kier molecular flexibility index (Phi) is 3.26. The van der Waals surface area contributed by atoms with E-state index in [-0.39, 0.29) is 11.9 Å². The first-order valence-corrected chi connectivity index (χ1v) is 6.95. The Morgan fingerprint density at radius 3 is 3.00 bits per heavy atom. The van der Waals surface area contributed by atoms with Crippen molar-refractivity contribution in [2.24, 2.45) is 4.99 Å². The normalized spacial score (nSPS) is 20.2. The van der Waals surface area contributed by atoms with Crippen molar-refractivity contribution in [2.45, 2.75) is 32.7 Å². The minimum atomic E-state index is 0.0101. The maximum Gasteiger partial charge on any atom is 0.251 e. The lowest BCUT2D eigenvalue weighted by Crippen LogP contribution is -2.38. The number of carbonyl (C=O) groups is 1. The molecule has 2 aliphatic rings. The average Bonchev–Trinajstić information content (AvgIpc) is 2.85. The number of carbonyl (C=O) groups excluding carboxylic acids is 1. The summed E-state index contributed by atoms with van der Waals surface area (Å²) in [5.74, 6) is 0.0101. The lowest BCUT2D eigenvalue weighted by molar-refractivity contribution is 0.0937. The van der Waals surface area contributed by atoms with Crippen LogP contribution >= 0.6 is 0 Å². The summed E-state index contributed by atoms with van der Waals surface area (Å²) >= 11 is 0. The van der Waals surface area contributed by atoms with Gasteiger partial charge in [-0.2, -0.15) is 0 Å². The highest BCUT2D eigenvalue weighted by molar-refractivity contribution is 6.06. The molecule has 1 aromatic rings. The van der Waals surface area contributed by atoms with Crippen LogP contribution in [0.25, 0.3) is 0 Å². The molecule has 3 rings (SSSR count). The zero-order valence-electron chi connectivity index (χ0n) is 11.8. The summed E-state index contributed by atoms with van der Waals surface area (Å²) in [6.07, 6.45) is 7.69. The van der Waals surface area contributed by atoms with E-state index in [0.717, 1.165) is 29.7 Å². The molecular formula is C17H18N2O. The van der Waals surface area contributed by atoms with Crippen molar-refractivity contribution in [3.8, 4) is 0 Å². The molecule has 20 heavy (non-hydrogen) atoms. The van der Waals surface area contributed by atoms with Gasteiger partial charge in [0.25, 0.3) is 5.91 Å². The third-order valence-electron chi connectivity index (χ3n) is 3.84. The minimum absolute atomic E-state index is 0.0101. The van der Waals surface area contributed by atoms with Gasteiger partial charge in [-0.1, -0.05) is 23.8 Å². The zero-order chi connectivity index (χ0) is 14.1. The molecule has 0 saturated carbocycles. The Hall–Kier alpha value is -2.16. The third-order valence-corrected chi connectivity index (χ3v) is 3.84. The predicted octanol–water partition coefficient (Wildman–Crippen LogP) is 3.09. The van der Waals surface area contributed by atoms with Gasteiger partial charge in [0.15, 0.2) is 0 Å². The Labute approximate surface area is 119 Å². The number of nitrogens with one attached hydrogen (secondary N) is 1. The lowest BCUT2D eigenvalue weighted by Gasteiger charge is -2.22. The zero-order valence-corrected chi connectivity index (χ0v) is 11.8. The van der Waals surface area contributed by atoms with Crippen LogP contribution in [-0.4, -0.2) is 17.7 Å². The number of nitrogens with zero attached hydrogens (tertiary/aromatic N) is 1. The van der Waals surface area contributed by atoms with Gasteiger partial charge in [0.2, 0.25) is 0 Å². The van der Waals surface area contributed by atoms with Gasteiger partial charge in [0.05, 0.1) is 0 Å². The molecule has 1 heterocycles. The summed E-state index contributed by atoms with van der Waals surface area (Å²) in [5, 5.41) is 3.12. The van der Waals surface area contributed by atoms with E-state index < -0.39 is 0 Å². The summed E-state index contributed by atoms with van der Waals surface area (Å²) in [6.45, 7) is 4.01. The maximum absolute atomic E-state index is 12.3. The van der Waals surface area contributed by atoms with E-state index in [1.54, 1.807) is 0 Å². The number of benzene rings is 1. The van der Waals surface area contributed by atoms with Crippen LogP contribution < -0.4 is 5.32 Å². The molecule has 0 aromatic heterocycles. The van der Waals surface area contributed by atoms with Crippen molar-refractivity contribution in [3.63, 3.8) is 0 Å². The van der Waals surface area contributed by atoms with Crippen LogP contribution in [0.4, 0.5) is 0 Å². The summed E-state index contributed by atoms with van der Waals surface area (Å²) in [7, 11) is 0. The molecule has 102 valence electrons. The highest BCUT2D eigenvalue weighted by Crippen LogP contribution is 2.22. The Bertz CT molecular complexity index is 653. The molecule has 1 N–H and O–H groups in total. The van der Waals surface area contributed by atoms with Crippen LogP contribution in [-0.2, 0) is 0 Å². The van der Waals surface area contributed by atoms with Crippen molar-refractivity contribution in [2.75, 3.05) is 0 Å². The maximum atomic E-state index is 12.3. The molecule has 1 unspecified atom stereocenters. The SMILES string of the molecule is Cc1ccc(C(=O)NC2CC=C3C=CN=C3C2)c(C)c1. The van der Waals surface area contributed by atoms with Crippen LogP contribution in [0.15, 0.2) is 47.1 Å². The van der Waals surface area contributed by atoms with Crippen molar-refractivity contribution in [1.82, 2.24) is 5.32 Å². The van der Waals surface area contributed by atoms with Crippen molar-refractivity contribution in [1.29, 1.82) is 0 Å². The Balaban J connectivity index is 1.71. The van der Waals surface area contributed by atoms with Gasteiger partial charge in [0, 0.05) is 29.9 Å². The minimum Gasteiger partial charge on any atom is -0.349 e. The summed E-state index contributed by atoms with van der Waals surface area (Å²) < 4.78 is 0. The quantitative estimate of drug-likeness (QED) is 0.878. The highest BCUT2D eigenvalue weighted by atomic mass is 16.1. The smallest absolute Gasteiger partial charge is 0.251 e. The van der Waals surface area contributed by atoms with Crippen LogP contribution in [0.3, 0.4) is 0 Å². The monoisotopic (exact) mass is 266 g/mol. The van der Waals surface area contributed by atoms with Crippen LogP contribution in [0.2, 0.25) is 0 Å². The molecule has 3 heteroatoms. The van der Waals surface area contributed by atoms with E-state index in [1.165, 1.54) is 11.1 Å². The van der Waals surface area contributed by atoms with Crippen LogP contribution in [0.5, 0.6) is 0 Å². The first kappa shape index (κ1) is 12.9. The molecule has 1 aliphatic heterocycles. The second-order valence-corrected chi connectivity index (χ2v) is 5.48. The van der Waals surface area contributed by atoms with Crippen molar-refractivity contribution in [3.05, 3.63) is 58.8 Å². The topological polar surface area (TPSA) is 41.5 Å². The fourth-order valence-corrected chi connectivity index (χ4v) is 2.76. The van der Waals surface area contributed by atoms with E-state index in [1.807, 2.05) is 44.3 Å². The summed E-state index contributed by atoms with van der Waals surface area (Å²) in [5.41, 5.74) is 5.26. The molecule has 3 nitrogen and oxygen atoms in total. The van der Waals surface area contributed by atoms with Gasteiger partial charge in [-0.05, 0) is 43.5 Å². The standard InChI is InChI=1S/C17H18N2O/c1-11-3-6-15(12(2)9-11)17(20)19-14-5-4-13-7-8-18-16(13)10-14/h3-4,6-9,14H,5,10H2,1-2H3,(H,19,20). The van der Waals surface area contributed by atoms with Gasteiger partial charge < -0.3 is 5.32 Å². The van der Waals surface area contributed by atoms with Gasteiger partial charge >= 0.3 is 0 Å². The van der Waals surface area contributed by atoms with Crippen molar-refractivity contribution >= 4 is 11.6 Å². The number of aryl methyl sites for hydroxylation is 2. The first-order chi connectivity index (χ1) is 9.63. The molecule has 0 spiro atoms. The van der Waals surface area contributed by atoms with Crippen LogP contribution in [0, 0.1) is 13.8 Å². The van der Waals surface area contributed by atoms with Crippen LogP contribution in [0.1, 0.15) is 34.3 Å². The molecule has 0 radical (unpaired) electrons. The number of amides is 1. The molecule has 1 amide bonds. The van der Waals surface area contributed by atoms with Gasteiger partial charge in [-0.15, -0.1) is 0 Å². The van der Waals surface area contributed by atoms with E-state index in [0.29, 0.717) is 0 Å². The highest BCUT2D eigenvalue weighted by Gasteiger charge is 2.22. The molecule has 1 aromatic carbocycles. The summed E-state index contributed by atoms with van der Waals surface area (Å²) in [6, 6.07) is 6.06. The average molecular weight is 266 g/mol. The van der Waals surface area contributed by atoms with E-state index >= 15 is 0 Å². The van der Waals surface area contributed by atoms with Crippen molar-refractivity contribution < 1.29 is 4.79 Å². The lowest BCUT2D eigenvalue weighted by atomic mass is 9.93. The second-order valence-electron chi connectivity index (χ2n) is 5.48. The molecule has 0 bridgehead atoms. The van der Waals surface area contributed by atoms with E-state index in [4.69, 9.17) is 0 Å². The number of hydrogen-bond acceptors (Lipinski definition) is 2. The Morgan fingerprint density at radius 1 is 1.35 bits per heavy atom. The number of aliphatic imine (C=N–C) groups is 1. The summed E-state index contributed by atoms with van der Waals surface area (Å²) in [4.78, 5) is 16.7. The molecule has 1 aliphatic carbocycles. The molecule has 1 atom stereocenters. The predicted molar refractivity (Wildman–Crippen MR) is 81.1 cm³/mol. The Morgan fingerprint density at radius 2 is 2.20 bits per heavy atom.